The summed E-state index contributed by atoms with van der Waals surface area (Å²) in [6.45, 7) is 0.151. The monoisotopic (exact) mass is 247 g/mol. The molecule has 2 aromatic carbocycles. The first-order valence-corrected chi connectivity index (χ1v) is 5.47. The van der Waals surface area contributed by atoms with E-state index in [-0.39, 0.29) is 6.54 Å². The Hall–Kier alpha value is -1.87. The largest absolute Gasteiger partial charge is 0.457 e. The van der Waals surface area contributed by atoms with Gasteiger partial charge in [0, 0.05) is 5.02 Å². The Balaban J connectivity index is 2.15. The zero-order valence-corrected chi connectivity index (χ0v) is 9.72. The average Bonchev–Trinajstić information content (AvgIpc) is 2.33. The Morgan fingerprint density at radius 3 is 2.53 bits per heavy atom. The van der Waals surface area contributed by atoms with E-state index in [0.717, 1.165) is 5.56 Å². The highest BCUT2D eigenvalue weighted by Gasteiger charge is 1.99. The molecule has 0 saturated heterocycles. The summed E-state index contributed by atoms with van der Waals surface area (Å²) in [7, 11) is 0. The van der Waals surface area contributed by atoms with Crippen molar-refractivity contribution in [2.75, 3.05) is 0 Å². The summed E-state index contributed by atoms with van der Waals surface area (Å²) in [5, 5.41) is 3.51. The fourth-order valence-corrected chi connectivity index (χ4v) is 1.55. The van der Waals surface area contributed by atoms with E-state index in [2.05, 4.69) is 5.18 Å². The molecule has 4 heteroatoms. The minimum atomic E-state index is 0.151. The molecule has 0 amide bonds. The van der Waals surface area contributed by atoms with E-state index in [0.29, 0.717) is 16.5 Å². The lowest BCUT2D eigenvalue weighted by Crippen LogP contribution is -1.86. The third kappa shape index (κ3) is 3.29. The molecule has 0 spiro atoms. The number of hydrogen-bond acceptors (Lipinski definition) is 3. The van der Waals surface area contributed by atoms with E-state index < -0.39 is 0 Å². The van der Waals surface area contributed by atoms with Gasteiger partial charge in [0.2, 0.25) is 0 Å². The van der Waals surface area contributed by atoms with Gasteiger partial charge in [-0.2, -0.15) is 4.91 Å². The zero-order valence-electron chi connectivity index (χ0n) is 8.97. The van der Waals surface area contributed by atoms with Crippen LogP contribution in [0.5, 0.6) is 11.5 Å². The zero-order chi connectivity index (χ0) is 12.1. The Bertz CT molecular complexity index is 511. The van der Waals surface area contributed by atoms with Crippen molar-refractivity contribution in [1.82, 2.24) is 0 Å². The number of ether oxygens (including phenoxy) is 1. The summed E-state index contributed by atoms with van der Waals surface area (Å²) in [5.41, 5.74) is 0.825. The van der Waals surface area contributed by atoms with Crippen molar-refractivity contribution in [1.29, 1.82) is 0 Å². The molecule has 0 saturated carbocycles. The van der Waals surface area contributed by atoms with Gasteiger partial charge in [0.25, 0.3) is 0 Å². The molecule has 3 nitrogen and oxygen atoms in total. The van der Waals surface area contributed by atoms with Crippen molar-refractivity contribution in [2.24, 2.45) is 5.18 Å². The minimum Gasteiger partial charge on any atom is -0.457 e. The minimum absolute atomic E-state index is 0.151. The van der Waals surface area contributed by atoms with Crippen LogP contribution in [0.15, 0.2) is 53.7 Å². The van der Waals surface area contributed by atoms with Crippen LogP contribution in [-0.4, -0.2) is 0 Å². The highest BCUT2D eigenvalue weighted by Crippen LogP contribution is 2.23. The highest BCUT2D eigenvalue weighted by atomic mass is 35.5. The van der Waals surface area contributed by atoms with Crippen LogP contribution in [0.3, 0.4) is 0 Å². The number of nitroso groups, excluding NO2 is 1. The first-order valence-electron chi connectivity index (χ1n) is 5.09. The molecule has 17 heavy (non-hydrogen) atoms. The van der Waals surface area contributed by atoms with Crippen LogP contribution in [-0.2, 0) is 6.54 Å². The fraction of sp³-hybridized carbons (Fsp3) is 0.0769. The number of rotatable bonds is 4. The molecule has 0 fully saturated rings. The van der Waals surface area contributed by atoms with E-state index in [1.54, 1.807) is 30.3 Å². The molecule has 0 heterocycles. The highest BCUT2D eigenvalue weighted by molar-refractivity contribution is 6.30. The summed E-state index contributed by atoms with van der Waals surface area (Å²) in [6.07, 6.45) is 0. The molecule has 0 bridgehead atoms. The van der Waals surface area contributed by atoms with Gasteiger partial charge in [0.15, 0.2) is 0 Å². The van der Waals surface area contributed by atoms with Crippen molar-refractivity contribution in [3.05, 3.63) is 64.0 Å². The third-order valence-electron chi connectivity index (χ3n) is 2.19. The van der Waals surface area contributed by atoms with Crippen LogP contribution in [0, 0.1) is 4.91 Å². The smallest absolute Gasteiger partial charge is 0.127 e. The van der Waals surface area contributed by atoms with Gasteiger partial charge in [-0.15, -0.1) is 0 Å². The number of nitrogens with zero attached hydrogens (tertiary/aromatic N) is 1. The molecule has 86 valence electrons. The second-order valence-electron chi connectivity index (χ2n) is 3.49. The Kier molecular flexibility index (Phi) is 3.73. The first-order chi connectivity index (χ1) is 8.28. The SMILES string of the molecule is O=NCc1cccc(Oc2ccc(Cl)cc2)c1. The topological polar surface area (TPSA) is 38.7 Å². The lowest BCUT2D eigenvalue weighted by molar-refractivity contribution is 0.482. The molecule has 0 atom stereocenters. The van der Waals surface area contributed by atoms with Crippen LogP contribution < -0.4 is 4.74 Å². The van der Waals surface area contributed by atoms with Gasteiger partial charge in [-0.05, 0) is 42.0 Å². The molecular formula is C13H10ClNO2. The lowest BCUT2D eigenvalue weighted by atomic mass is 10.2. The Morgan fingerprint density at radius 2 is 1.82 bits per heavy atom. The third-order valence-corrected chi connectivity index (χ3v) is 2.45. The number of hydrogen-bond donors (Lipinski definition) is 0. The summed E-state index contributed by atoms with van der Waals surface area (Å²) < 4.78 is 5.62. The predicted molar refractivity (Wildman–Crippen MR) is 67.5 cm³/mol. The van der Waals surface area contributed by atoms with Gasteiger partial charge >= 0.3 is 0 Å². The Morgan fingerprint density at radius 1 is 1.06 bits per heavy atom. The van der Waals surface area contributed by atoms with Crippen molar-refractivity contribution in [3.8, 4) is 11.5 Å². The van der Waals surface area contributed by atoms with E-state index >= 15 is 0 Å². The molecule has 0 radical (unpaired) electrons. The van der Waals surface area contributed by atoms with Gasteiger partial charge in [-0.3, -0.25) is 0 Å². The van der Waals surface area contributed by atoms with Crippen LogP contribution >= 0.6 is 11.6 Å². The van der Waals surface area contributed by atoms with Gasteiger partial charge in [-0.25, -0.2) is 0 Å². The quantitative estimate of drug-likeness (QED) is 0.751. The van der Waals surface area contributed by atoms with E-state index in [1.165, 1.54) is 0 Å². The lowest BCUT2D eigenvalue weighted by Gasteiger charge is -2.06. The maximum Gasteiger partial charge on any atom is 0.127 e. The van der Waals surface area contributed by atoms with E-state index in [4.69, 9.17) is 16.3 Å². The van der Waals surface area contributed by atoms with Crippen LogP contribution in [0.2, 0.25) is 5.02 Å². The van der Waals surface area contributed by atoms with Gasteiger partial charge in [0.1, 0.15) is 18.0 Å². The summed E-state index contributed by atoms with van der Waals surface area (Å²) in [5.74, 6) is 1.37. The molecule has 0 aromatic heterocycles. The standard InChI is InChI=1S/C13H10ClNO2/c14-11-4-6-12(7-5-11)17-13-3-1-2-10(8-13)9-15-16/h1-8H,9H2. The normalized spacial score (nSPS) is 9.94. The number of benzene rings is 2. The van der Waals surface area contributed by atoms with Gasteiger partial charge in [-0.1, -0.05) is 28.9 Å². The van der Waals surface area contributed by atoms with Crippen molar-refractivity contribution < 1.29 is 4.74 Å². The maximum absolute atomic E-state index is 10.2. The van der Waals surface area contributed by atoms with Crippen molar-refractivity contribution in [3.63, 3.8) is 0 Å². The molecule has 2 aromatic rings. The number of halogens is 1. The molecule has 0 unspecified atom stereocenters. The second-order valence-corrected chi connectivity index (χ2v) is 3.93. The average molecular weight is 248 g/mol. The van der Waals surface area contributed by atoms with Gasteiger partial charge < -0.3 is 4.74 Å². The van der Waals surface area contributed by atoms with Gasteiger partial charge in [0.05, 0.1) is 0 Å². The van der Waals surface area contributed by atoms with Crippen LogP contribution in [0.4, 0.5) is 0 Å². The van der Waals surface area contributed by atoms with E-state index in [1.807, 2.05) is 18.2 Å². The maximum atomic E-state index is 10.2. The van der Waals surface area contributed by atoms with Crippen LogP contribution in [0.1, 0.15) is 5.56 Å². The Labute approximate surface area is 104 Å². The van der Waals surface area contributed by atoms with E-state index in [9.17, 15) is 4.91 Å². The fourth-order valence-electron chi connectivity index (χ4n) is 1.42. The summed E-state index contributed by atoms with van der Waals surface area (Å²) in [6, 6.07) is 14.3. The molecule has 0 N–H and O–H groups in total. The van der Waals surface area contributed by atoms with Crippen LogP contribution in [0.25, 0.3) is 0 Å². The van der Waals surface area contributed by atoms with Crippen molar-refractivity contribution >= 4 is 11.6 Å². The molecule has 0 aliphatic rings. The second kappa shape index (κ2) is 5.46. The molecule has 2 rings (SSSR count). The summed E-state index contributed by atoms with van der Waals surface area (Å²) >= 11 is 5.78. The van der Waals surface area contributed by atoms with Crippen molar-refractivity contribution in [2.45, 2.75) is 6.54 Å². The molecular weight excluding hydrogens is 238 g/mol. The molecule has 0 aliphatic heterocycles. The summed E-state index contributed by atoms with van der Waals surface area (Å²) in [4.78, 5) is 10.2. The predicted octanol–water partition coefficient (Wildman–Crippen LogP) is 4.40. The molecule has 0 aliphatic carbocycles. The first kappa shape index (κ1) is 11.6.